The standard InChI is InChI=1S/C26H22N2O3/c1-30-22-14-21(15-23(16-22)31-2)25(29)28-13-12-20-10-6-7-11-24(20)26(28,18-27)17-19-8-4-3-5-9-19/h3-16H,17H2,1-2H3. The summed E-state index contributed by atoms with van der Waals surface area (Å²) in [6.07, 6.45) is 3.92. The summed E-state index contributed by atoms with van der Waals surface area (Å²) < 4.78 is 10.7. The molecule has 0 aliphatic carbocycles. The fourth-order valence-corrected chi connectivity index (χ4v) is 3.97. The average molecular weight is 410 g/mol. The Morgan fingerprint density at radius 1 is 0.968 bits per heavy atom. The highest BCUT2D eigenvalue weighted by atomic mass is 16.5. The van der Waals surface area contributed by atoms with Crippen LogP contribution in [0.5, 0.6) is 11.5 Å². The van der Waals surface area contributed by atoms with Gasteiger partial charge >= 0.3 is 0 Å². The fourth-order valence-electron chi connectivity index (χ4n) is 3.97. The van der Waals surface area contributed by atoms with Crippen LogP contribution in [0.25, 0.3) is 6.08 Å². The molecule has 1 aliphatic heterocycles. The molecule has 3 aromatic carbocycles. The van der Waals surface area contributed by atoms with Crippen LogP contribution >= 0.6 is 0 Å². The van der Waals surface area contributed by atoms with Crippen molar-refractivity contribution < 1.29 is 14.3 Å². The van der Waals surface area contributed by atoms with Crippen LogP contribution < -0.4 is 9.47 Å². The van der Waals surface area contributed by atoms with Gasteiger partial charge in [-0.3, -0.25) is 9.69 Å². The molecule has 3 aromatic rings. The maximum absolute atomic E-state index is 13.7. The number of rotatable bonds is 5. The lowest BCUT2D eigenvalue weighted by Gasteiger charge is -2.40. The van der Waals surface area contributed by atoms with Gasteiger partial charge in [0.1, 0.15) is 11.5 Å². The molecule has 4 rings (SSSR count). The van der Waals surface area contributed by atoms with Crippen molar-refractivity contribution in [3.05, 3.63) is 101 Å². The minimum absolute atomic E-state index is 0.305. The number of benzene rings is 3. The summed E-state index contributed by atoms with van der Waals surface area (Å²) in [6.45, 7) is 0. The minimum Gasteiger partial charge on any atom is -0.497 e. The molecule has 5 heteroatoms. The molecule has 0 spiro atoms. The van der Waals surface area contributed by atoms with E-state index >= 15 is 0 Å². The van der Waals surface area contributed by atoms with Gasteiger partial charge < -0.3 is 9.47 Å². The van der Waals surface area contributed by atoms with Gasteiger partial charge in [0.05, 0.1) is 20.3 Å². The van der Waals surface area contributed by atoms with Crippen molar-refractivity contribution in [3.63, 3.8) is 0 Å². The van der Waals surface area contributed by atoms with E-state index in [0.717, 1.165) is 16.7 Å². The molecule has 5 nitrogen and oxygen atoms in total. The topological polar surface area (TPSA) is 62.6 Å². The van der Waals surface area contributed by atoms with Crippen molar-refractivity contribution >= 4 is 12.0 Å². The molecule has 0 saturated carbocycles. The highest BCUT2D eigenvalue weighted by Crippen LogP contribution is 2.40. The van der Waals surface area contributed by atoms with Gasteiger partial charge in [0, 0.05) is 24.3 Å². The van der Waals surface area contributed by atoms with Crippen LogP contribution in [0, 0.1) is 11.3 Å². The first kappa shape index (κ1) is 20.2. The summed E-state index contributed by atoms with van der Waals surface area (Å²) in [6, 6.07) is 24.9. The van der Waals surface area contributed by atoms with Gasteiger partial charge in [-0.1, -0.05) is 54.6 Å². The summed E-state index contributed by atoms with van der Waals surface area (Å²) in [5.41, 5.74) is 1.88. The third kappa shape index (κ3) is 3.64. The highest BCUT2D eigenvalue weighted by Gasteiger charge is 2.44. The Morgan fingerprint density at radius 3 is 2.26 bits per heavy atom. The predicted octanol–water partition coefficient (Wildman–Crippen LogP) is 4.79. The first-order chi connectivity index (χ1) is 15.1. The lowest BCUT2D eigenvalue weighted by atomic mass is 9.79. The largest absolute Gasteiger partial charge is 0.497 e. The van der Waals surface area contributed by atoms with E-state index in [9.17, 15) is 10.1 Å². The van der Waals surface area contributed by atoms with Gasteiger partial charge in [0.2, 0.25) is 0 Å². The van der Waals surface area contributed by atoms with Gasteiger partial charge in [-0.15, -0.1) is 0 Å². The fraction of sp³-hybridized carbons (Fsp3) is 0.154. The van der Waals surface area contributed by atoms with Crippen LogP contribution in [0.15, 0.2) is 79.0 Å². The van der Waals surface area contributed by atoms with E-state index in [1.807, 2.05) is 60.7 Å². The number of hydrogen-bond donors (Lipinski definition) is 0. The first-order valence-corrected chi connectivity index (χ1v) is 9.91. The molecule has 1 aliphatic rings. The van der Waals surface area contributed by atoms with E-state index in [0.29, 0.717) is 23.5 Å². The van der Waals surface area contributed by atoms with Gasteiger partial charge in [0.15, 0.2) is 5.54 Å². The molecule has 0 bridgehead atoms. The summed E-state index contributed by atoms with van der Waals surface area (Å²) in [4.78, 5) is 15.2. The SMILES string of the molecule is COc1cc(OC)cc(C(=O)N2C=Cc3ccccc3C2(C#N)Cc2ccccc2)c1. The Hall–Kier alpha value is -4.04. The van der Waals surface area contributed by atoms with E-state index in [4.69, 9.17) is 9.47 Å². The molecule has 154 valence electrons. The van der Waals surface area contributed by atoms with Crippen LogP contribution in [0.2, 0.25) is 0 Å². The number of nitriles is 1. The molecule has 1 unspecified atom stereocenters. The summed E-state index contributed by atoms with van der Waals surface area (Å²) in [7, 11) is 3.07. The monoisotopic (exact) mass is 410 g/mol. The Labute approximate surface area is 181 Å². The van der Waals surface area contributed by atoms with Gasteiger partial charge in [-0.05, 0) is 34.9 Å². The molecule has 0 fully saturated rings. The van der Waals surface area contributed by atoms with Crippen molar-refractivity contribution in [2.75, 3.05) is 14.2 Å². The minimum atomic E-state index is -1.19. The second-order valence-electron chi connectivity index (χ2n) is 7.31. The summed E-state index contributed by atoms with van der Waals surface area (Å²) in [5, 5.41) is 10.5. The number of nitrogens with zero attached hydrogens (tertiary/aromatic N) is 2. The zero-order chi connectivity index (χ0) is 21.8. The lowest BCUT2D eigenvalue weighted by molar-refractivity contribution is 0.0696. The summed E-state index contributed by atoms with van der Waals surface area (Å²) >= 11 is 0. The zero-order valence-corrected chi connectivity index (χ0v) is 17.4. The van der Waals surface area contributed by atoms with Crippen LogP contribution in [0.1, 0.15) is 27.0 Å². The maximum Gasteiger partial charge on any atom is 0.259 e. The lowest BCUT2D eigenvalue weighted by Crippen LogP contribution is -2.49. The molecule has 0 aromatic heterocycles. The molecule has 1 atom stereocenters. The Balaban J connectivity index is 1.86. The third-order valence-corrected chi connectivity index (χ3v) is 5.53. The molecule has 1 amide bonds. The molecular weight excluding hydrogens is 388 g/mol. The highest BCUT2D eigenvalue weighted by molar-refractivity contribution is 5.97. The van der Waals surface area contributed by atoms with E-state index in [1.165, 1.54) is 19.1 Å². The van der Waals surface area contributed by atoms with Crippen LogP contribution in [-0.4, -0.2) is 25.0 Å². The van der Waals surface area contributed by atoms with Crippen LogP contribution in [0.4, 0.5) is 0 Å². The molecule has 0 radical (unpaired) electrons. The Morgan fingerprint density at radius 2 is 1.61 bits per heavy atom. The number of methoxy groups -OCH3 is 2. The first-order valence-electron chi connectivity index (χ1n) is 9.91. The average Bonchev–Trinajstić information content (AvgIpc) is 2.84. The second-order valence-corrected chi connectivity index (χ2v) is 7.31. The predicted molar refractivity (Wildman–Crippen MR) is 119 cm³/mol. The summed E-state index contributed by atoms with van der Waals surface area (Å²) in [5.74, 6) is 0.713. The maximum atomic E-state index is 13.7. The van der Waals surface area contributed by atoms with E-state index in [1.54, 1.807) is 24.4 Å². The number of carbonyl (C=O) groups is 1. The van der Waals surface area contributed by atoms with Crippen molar-refractivity contribution in [3.8, 4) is 17.6 Å². The molecule has 1 heterocycles. The van der Waals surface area contributed by atoms with E-state index in [-0.39, 0.29) is 5.91 Å². The molecule has 31 heavy (non-hydrogen) atoms. The van der Waals surface area contributed by atoms with Crippen molar-refractivity contribution in [2.45, 2.75) is 12.0 Å². The van der Waals surface area contributed by atoms with Gasteiger partial charge in [-0.2, -0.15) is 5.26 Å². The number of amides is 1. The molecule has 0 saturated heterocycles. The zero-order valence-electron chi connectivity index (χ0n) is 17.4. The molecule has 0 N–H and O–H groups in total. The van der Waals surface area contributed by atoms with Crippen LogP contribution in [0.3, 0.4) is 0 Å². The van der Waals surface area contributed by atoms with Crippen LogP contribution in [-0.2, 0) is 12.0 Å². The molecular formula is C26H22N2O3. The van der Waals surface area contributed by atoms with Gasteiger partial charge in [-0.25, -0.2) is 0 Å². The van der Waals surface area contributed by atoms with E-state index in [2.05, 4.69) is 6.07 Å². The van der Waals surface area contributed by atoms with E-state index < -0.39 is 5.54 Å². The van der Waals surface area contributed by atoms with Crippen molar-refractivity contribution in [1.29, 1.82) is 5.26 Å². The normalized spacial score (nSPS) is 16.9. The quantitative estimate of drug-likeness (QED) is 0.607. The second kappa shape index (κ2) is 8.37. The number of fused-ring (bicyclic) bond motifs is 1. The Kier molecular flexibility index (Phi) is 5.46. The third-order valence-electron chi connectivity index (χ3n) is 5.53. The number of carbonyl (C=O) groups excluding carboxylic acids is 1. The number of hydrogen-bond acceptors (Lipinski definition) is 4. The smallest absolute Gasteiger partial charge is 0.259 e. The van der Waals surface area contributed by atoms with Gasteiger partial charge in [0.25, 0.3) is 5.91 Å². The van der Waals surface area contributed by atoms with Crippen molar-refractivity contribution in [2.24, 2.45) is 0 Å². The van der Waals surface area contributed by atoms with Crippen molar-refractivity contribution in [1.82, 2.24) is 4.90 Å². The number of ether oxygens (including phenoxy) is 2. The Bertz CT molecular complexity index is 1160.